The summed E-state index contributed by atoms with van der Waals surface area (Å²) in [5.41, 5.74) is 1.19. The van der Waals surface area contributed by atoms with E-state index in [1.807, 2.05) is 0 Å². The monoisotopic (exact) mass is 280 g/mol. The fourth-order valence-electron chi connectivity index (χ4n) is 2.59. The molecule has 1 aromatic carbocycles. The molecule has 1 aliphatic rings. The number of amides is 1. The third-order valence-corrected chi connectivity index (χ3v) is 3.90. The summed E-state index contributed by atoms with van der Waals surface area (Å²) in [6.07, 6.45) is 3.52. The minimum Gasteiger partial charge on any atom is -0.325 e. The lowest BCUT2D eigenvalue weighted by molar-refractivity contribution is -0.115. The highest BCUT2D eigenvalue weighted by Crippen LogP contribution is 2.36. The fraction of sp³-hybridized carbons (Fsp3) is 0.533. The van der Waals surface area contributed by atoms with Crippen LogP contribution in [-0.4, -0.2) is 18.5 Å². The van der Waals surface area contributed by atoms with Crippen molar-refractivity contribution in [1.82, 2.24) is 5.32 Å². The summed E-state index contributed by atoms with van der Waals surface area (Å²) in [7, 11) is 0. The van der Waals surface area contributed by atoms with Crippen molar-refractivity contribution in [2.45, 2.75) is 39.2 Å². The molecular formula is C15H21ClN2O. The number of nitrogens with one attached hydrogen (secondary N) is 2. The predicted molar refractivity (Wildman–Crippen MR) is 79.5 cm³/mol. The van der Waals surface area contributed by atoms with Crippen molar-refractivity contribution in [1.29, 1.82) is 0 Å². The van der Waals surface area contributed by atoms with E-state index in [1.165, 1.54) is 6.42 Å². The number of carbonyl (C=O) groups excluding carboxylic acids is 1. The Kier molecular flexibility index (Phi) is 4.48. The van der Waals surface area contributed by atoms with Crippen LogP contribution in [0.4, 0.5) is 5.69 Å². The molecule has 3 nitrogen and oxygen atoms in total. The average molecular weight is 281 g/mol. The summed E-state index contributed by atoms with van der Waals surface area (Å²) in [6.45, 7) is 4.92. The summed E-state index contributed by atoms with van der Waals surface area (Å²) in [6, 6.07) is 7.61. The molecule has 1 fully saturated rings. The summed E-state index contributed by atoms with van der Waals surface area (Å²) < 4.78 is 0. The fourth-order valence-corrected chi connectivity index (χ4v) is 2.71. The molecule has 2 rings (SSSR count). The van der Waals surface area contributed by atoms with Crippen LogP contribution in [0.15, 0.2) is 24.3 Å². The molecule has 0 saturated heterocycles. The molecule has 1 amide bonds. The molecule has 0 heterocycles. The third-order valence-electron chi connectivity index (χ3n) is 3.65. The highest BCUT2D eigenvalue weighted by atomic mass is 35.5. The van der Waals surface area contributed by atoms with Crippen LogP contribution in [0, 0.1) is 5.41 Å². The molecule has 19 heavy (non-hydrogen) atoms. The lowest BCUT2D eigenvalue weighted by Crippen LogP contribution is -2.35. The number of anilines is 1. The number of rotatable bonds is 4. The van der Waals surface area contributed by atoms with E-state index < -0.39 is 0 Å². The number of hydrogen-bond donors (Lipinski definition) is 2. The van der Waals surface area contributed by atoms with Crippen LogP contribution in [0.1, 0.15) is 33.1 Å². The molecule has 0 radical (unpaired) electrons. The molecule has 1 saturated carbocycles. The van der Waals surface area contributed by atoms with E-state index in [1.54, 1.807) is 24.3 Å². The van der Waals surface area contributed by atoms with Gasteiger partial charge in [0.15, 0.2) is 0 Å². The first-order valence-corrected chi connectivity index (χ1v) is 7.11. The van der Waals surface area contributed by atoms with E-state index in [4.69, 9.17) is 11.6 Å². The van der Waals surface area contributed by atoms with Gasteiger partial charge in [-0.2, -0.15) is 0 Å². The standard InChI is InChI=1S/C15H21ClN2O/c1-15(2)8-7-13(9-15)17-10-14(19)18-12-5-3-11(16)4-6-12/h3-6,13,17H,7-10H2,1-2H3,(H,18,19). The van der Waals surface area contributed by atoms with Crippen molar-refractivity contribution in [3.8, 4) is 0 Å². The van der Waals surface area contributed by atoms with Crippen LogP contribution >= 0.6 is 11.6 Å². The highest BCUT2D eigenvalue weighted by Gasteiger charge is 2.30. The van der Waals surface area contributed by atoms with Crippen molar-refractivity contribution in [3.63, 3.8) is 0 Å². The first kappa shape index (κ1) is 14.4. The maximum atomic E-state index is 11.8. The average Bonchev–Trinajstić information content (AvgIpc) is 2.69. The second-order valence-electron chi connectivity index (χ2n) is 6.04. The van der Waals surface area contributed by atoms with Crippen molar-refractivity contribution in [2.24, 2.45) is 5.41 Å². The van der Waals surface area contributed by atoms with Gasteiger partial charge in [0.25, 0.3) is 0 Å². The Morgan fingerprint density at radius 1 is 1.37 bits per heavy atom. The second kappa shape index (κ2) is 5.93. The number of benzene rings is 1. The minimum absolute atomic E-state index is 0.00738. The lowest BCUT2D eigenvalue weighted by atomic mass is 9.92. The minimum atomic E-state index is -0.00738. The Labute approximate surface area is 119 Å². The first-order chi connectivity index (χ1) is 8.94. The molecule has 1 atom stereocenters. The van der Waals surface area contributed by atoms with Gasteiger partial charge < -0.3 is 10.6 Å². The SMILES string of the molecule is CC1(C)CCC(NCC(=O)Nc2ccc(Cl)cc2)C1. The number of carbonyl (C=O) groups is 1. The van der Waals surface area contributed by atoms with Gasteiger partial charge in [-0.25, -0.2) is 0 Å². The molecule has 0 aliphatic heterocycles. The maximum absolute atomic E-state index is 11.8. The molecule has 1 aliphatic carbocycles. The molecule has 1 unspecified atom stereocenters. The van der Waals surface area contributed by atoms with Crippen LogP contribution in [0.25, 0.3) is 0 Å². The van der Waals surface area contributed by atoms with E-state index in [9.17, 15) is 4.79 Å². The summed E-state index contributed by atoms with van der Waals surface area (Å²) >= 11 is 5.80. The van der Waals surface area contributed by atoms with Crippen molar-refractivity contribution in [2.75, 3.05) is 11.9 Å². The van der Waals surface area contributed by atoms with Gasteiger partial charge in [-0.1, -0.05) is 25.4 Å². The van der Waals surface area contributed by atoms with Gasteiger partial charge in [0, 0.05) is 16.8 Å². The van der Waals surface area contributed by atoms with Crippen molar-refractivity contribution >= 4 is 23.2 Å². The Balaban J connectivity index is 1.75. The zero-order valence-corrected chi connectivity index (χ0v) is 12.3. The normalized spacial score (nSPS) is 21.3. The van der Waals surface area contributed by atoms with Crippen LogP contribution in [0.2, 0.25) is 5.02 Å². The summed E-state index contributed by atoms with van der Waals surface area (Å²) in [5.74, 6) is -0.00738. The van der Waals surface area contributed by atoms with E-state index in [0.29, 0.717) is 23.0 Å². The number of hydrogen-bond acceptors (Lipinski definition) is 2. The Hall–Kier alpha value is -1.06. The maximum Gasteiger partial charge on any atom is 0.238 e. The number of halogens is 1. The molecular weight excluding hydrogens is 260 g/mol. The largest absolute Gasteiger partial charge is 0.325 e. The van der Waals surface area contributed by atoms with Crippen LogP contribution in [0.5, 0.6) is 0 Å². The summed E-state index contributed by atoms with van der Waals surface area (Å²) in [5, 5.41) is 6.85. The smallest absolute Gasteiger partial charge is 0.238 e. The van der Waals surface area contributed by atoms with Gasteiger partial charge in [-0.15, -0.1) is 0 Å². The van der Waals surface area contributed by atoms with Gasteiger partial charge in [-0.05, 0) is 48.9 Å². The van der Waals surface area contributed by atoms with Gasteiger partial charge in [0.05, 0.1) is 6.54 Å². The highest BCUT2D eigenvalue weighted by molar-refractivity contribution is 6.30. The van der Waals surface area contributed by atoms with Gasteiger partial charge >= 0.3 is 0 Å². The Morgan fingerprint density at radius 2 is 2.05 bits per heavy atom. The van der Waals surface area contributed by atoms with E-state index in [-0.39, 0.29) is 5.91 Å². The van der Waals surface area contributed by atoms with E-state index in [2.05, 4.69) is 24.5 Å². The molecule has 104 valence electrons. The van der Waals surface area contributed by atoms with Gasteiger partial charge in [-0.3, -0.25) is 4.79 Å². The van der Waals surface area contributed by atoms with E-state index >= 15 is 0 Å². The molecule has 4 heteroatoms. The van der Waals surface area contributed by atoms with Gasteiger partial charge in [0.1, 0.15) is 0 Å². The summed E-state index contributed by atoms with van der Waals surface area (Å²) in [4.78, 5) is 11.8. The van der Waals surface area contributed by atoms with Crippen LogP contribution in [0.3, 0.4) is 0 Å². The van der Waals surface area contributed by atoms with Crippen molar-refractivity contribution in [3.05, 3.63) is 29.3 Å². The quantitative estimate of drug-likeness (QED) is 0.887. The molecule has 0 aromatic heterocycles. The Morgan fingerprint density at radius 3 is 2.63 bits per heavy atom. The molecule has 0 bridgehead atoms. The molecule has 1 aromatic rings. The third kappa shape index (κ3) is 4.51. The molecule has 0 spiro atoms. The van der Waals surface area contributed by atoms with Crippen LogP contribution < -0.4 is 10.6 Å². The lowest BCUT2D eigenvalue weighted by Gasteiger charge is -2.17. The first-order valence-electron chi connectivity index (χ1n) is 6.73. The van der Waals surface area contributed by atoms with Crippen LogP contribution in [-0.2, 0) is 4.79 Å². The zero-order valence-electron chi connectivity index (χ0n) is 11.5. The molecule has 2 N–H and O–H groups in total. The Bertz CT molecular complexity index is 442. The topological polar surface area (TPSA) is 41.1 Å². The van der Waals surface area contributed by atoms with Gasteiger partial charge in [0.2, 0.25) is 5.91 Å². The van der Waals surface area contributed by atoms with Crippen molar-refractivity contribution < 1.29 is 4.79 Å². The zero-order chi connectivity index (χ0) is 13.9. The second-order valence-corrected chi connectivity index (χ2v) is 6.48. The van der Waals surface area contributed by atoms with E-state index in [0.717, 1.165) is 18.5 Å². The predicted octanol–water partition coefficient (Wildman–Crippen LogP) is 3.45.